The van der Waals surface area contributed by atoms with Gasteiger partial charge in [0.05, 0.1) is 33.0 Å². The van der Waals surface area contributed by atoms with Gasteiger partial charge in [0.25, 0.3) is 5.91 Å². The molecular weight excluding hydrogens is 334 g/mol. The molecule has 0 bridgehead atoms. The van der Waals surface area contributed by atoms with E-state index in [0.717, 1.165) is 32.5 Å². The maximum Gasteiger partial charge on any atom is 0.251 e. The van der Waals surface area contributed by atoms with E-state index in [9.17, 15) is 4.79 Å². The SMILES string of the molecule is NC1CCN(Cc2ccc(C(=O)NCCOCCOCCO)cc2)CC1. The molecule has 0 saturated carbocycles. The smallest absolute Gasteiger partial charge is 0.251 e. The van der Waals surface area contributed by atoms with Crippen LogP contribution in [0.4, 0.5) is 0 Å². The zero-order chi connectivity index (χ0) is 18.6. The molecule has 2 rings (SSSR count). The number of rotatable bonds is 11. The molecule has 4 N–H and O–H groups in total. The molecule has 0 aromatic heterocycles. The van der Waals surface area contributed by atoms with E-state index < -0.39 is 0 Å². The largest absolute Gasteiger partial charge is 0.394 e. The van der Waals surface area contributed by atoms with Crippen LogP contribution < -0.4 is 11.1 Å². The van der Waals surface area contributed by atoms with Crippen LogP contribution in [-0.2, 0) is 16.0 Å². The number of hydrogen-bond acceptors (Lipinski definition) is 6. The third-order valence-corrected chi connectivity index (χ3v) is 4.39. The fraction of sp³-hybridized carbons (Fsp3) is 0.632. The van der Waals surface area contributed by atoms with Crippen molar-refractivity contribution in [1.29, 1.82) is 0 Å². The zero-order valence-corrected chi connectivity index (χ0v) is 15.4. The number of nitrogens with two attached hydrogens (primary N) is 1. The molecule has 7 nitrogen and oxygen atoms in total. The Labute approximate surface area is 155 Å². The highest BCUT2D eigenvalue weighted by Crippen LogP contribution is 2.13. The predicted molar refractivity (Wildman–Crippen MR) is 100.0 cm³/mol. The summed E-state index contributed by atoms with van der Waals surface area (Å²) in [6.07, 6.45) is 2.10. The maximum atomic E-state index is 12.1. The number of nitrogens with zero attached hydrogens (tertiary/aromatic N) is 1. The van der Waals surface area contributed by atoms with Crippen molar-refractivity contribution in [3.8, 4) is 0 Å². The van der Waals surface area contributed by atoms with Gasteiger partial charge in [0.1, 0.15) is 0 Å². The Morgan fingerprint density at radius 2 is 1.77 bits per heavy atom. The highest BCUT2D eigenvalue weighted by Gasteiger charge is 2.16. The summed E-state index contributed by atoms with van der Waals surface area (Å²) in [5.41, 5.74) is 7.80. The van der Waals surface area contributed by atoms with Gasteiger partial charge in [0.15, 0.2) is 0 Å². The molecule has 0 atom stereocenters. The van der Waals surface area contributed by atoms with Gasteiger partial charge in [-0.1, -0.05) is 12.1 Å². The molecule has 1 aromatic rings. The Bertz CT molecular complexity index is 516. The summed E-state index contributed by atoms with van der Waals surface area (Å²) < 4.78 is 10.4. The van der Waals surface area contributed by atoms with Gasteiger partial charge in [-0.25, -0.2) is 0 Å². The van der Waals surface area contributed by atoms with Gasteiger partial charge in [-0.3, -0.25) is 9.69 Å². The van der Waals surface area contributed by atoms with Gasteiger partial charge in [0, 0.05) is 24.7 Å². The molecule has 7 heteroatoms. The Balaban J connectivity index is 1.62. The van der Waals surface area contributed by atoms with E-state index in [1.807, 2.05) is 24.3 Å². The van der Waals surface area contributed by atoms with Crippen LogP contribution in [0.5, 0.6) is 0 Å². The molecule has 0 radical (unpaired) electrons. The van der Waals surface area contributed by atoms with Crippen molar-refractivity contribution >= 4 is 5.91 Å². The first-order chi connectivity index (χ1) is 12.7. The van der Waals surface area contributed by atoms with Gasteiger partial charge in [0.2, 0.25) is 0 Å². The van der Waals surface area contributed by atoms with E-state index in [4.69, 9.17) is 20.3 Å². The van der Waals surface area contributed by atoms with Gasteiger partial charge in [-0.2, -0.15) is 0 Å². The van der Waals surface area contributed by atoms with E-state index in [0.29, 0.717) is 44.6 Å². The van der Waals surface area contributed by atoms with E-state index in [-0.39, 0.29) is 12.5 Å². The number of hydrogen-bond donors (Lipinski definition) is 3. The normalized spacial score (nSPS) is 15.9. The average Bonchev–Trinajstić information content (AvgIpc) is 2.66. The van der Waals surface area contributed by atoms with Crippen molar-refractivity contribution in [2.75, 3.05) is 52.7 Å². The first-order valence-electron chi connectivity index (χ1n) is 9.30. The van der Waals surface area contributed by atoms with E-state index in [1.165, 1.54) is 5.56 Å². The molecule has 1 saturated heterocycles. The zero-order valence-electron chi connectivity index (χ0n) is 15.4. The van der Waals surface area contributed by atoms with Gasteiger partial charge >= 0.3 is 0 Å². The topological polar surface area (TPSA) is 97.1 Å². The first kappa shape index (κ1) is 20.8. The van der Waals surface area contributed by atoms with Crippen molar-refractivity contribution in [3.05, 3.63) is 35.4 Å². The molecule has 1 aromatic carbocycles. The molecule has 1 fully saturated rings. The molecule has 0 unspecified atom stereocenters. The highest BCUT2D eigenvalue weighted by atomic mass is 16.5. The minimum Gasteiger partial charge on any atom is -0.394 e. The third kappa shape index (κ3) is 7.80. The second-order valence-corrected chi connectivity index (χ2v) is 6.51. The second-order valence-electron chi connectivity index (χ2n) is 6.51. The van der Waals surface area contributed by atoms with Crippen molar-refractivity contribution < 1.29 is 19.4 Å². The van der Waals surface area contributed by atoms with Crippen molar-refractivity contribution in [3.63, 3.8) is 0 Å². The summed E-state index contributed by atoms with van der Waals surface area (Å²) in [7, 11) is 0. The lowest BCUT2D eigenvalue weighted by Crippen LogP contribution is -2.39. The van der Waals surface area contributed by atoms with Crippen molar-refractivity contribution in [2.24, 2.45) is 5.73 Å². The Morgan fingerprint density at radius 3 is 2.42 bits per heavy atom. The summed E-state index contributed by atoms with van der Waals surface area (Å²) in [6.45, 7) is 5.09. The molecule has 0 spiro atoms. The number of carbonyl (C=O) groups is 1. The standard InChI is InChI=1S/C19H31N3O4/c20-18-5-8-22(9-6-18)15-16-1-3-17(4-2-16)19(24)21-7-11-25-13-14-26-12-10-23/h1-4,18,23H,5-15,20H2,(H,21,24). The molecule has 1 aliphatic heterocycles. The minimum absolute atomic E-state index is 0.0149. The average molecular weight is 365 g/mol. The summed E-state index contributed by atoms with van der Waals surface area (Å²) >= 11 is 0. The number of ether oxygens (including phenoxy) is 2. The molecule has 26 heavy (non-hydrogen) atoms. The number of carbonyl (C=O) groups excluding carboxylic acids is 1. The maximum absolute atomic E-state index is 12.1. The number of piperidine rings is 1. The van der Waals surface area contributed by atoms with Gasteiger partial charge < -0.3 is 25.6 Å². The second kappa shape index (κ2) is 12.0. The molecule has 146 valence electrons. The van der Waals surface area contributed by atoms with Crippen LogP contribution in [-0.4, -0.2) is 74.6 Å². The highest BCUT2D eigenvalue weighted by molar-refractivity contribution is 5.94. The molecule has 1 heterocycles. The van der Waals surface area contributed by atoms with Gasteiger partial charge in [-0.15, -0.1) is 0 Å². The number of likely N-dealkylation sites (tertiary alicyclic amines) is 1. The number of benzene rings is 1. The molecule has 1 aliphatic rings. The lowest BCUT2D eigenvalue weighted by Gasteiger charge is -2.30. The van der Waals surface area contributed by atoms with Crippen molar-refractivity contribution in [2.45, 2.75) is 25.4 Å². The predicted octanol–water partition coefficient (Wildman–Crippen LogP) is 0.365. The number of amides is 1. The van der Waals surface area contributed by atoms with E-state index in [2.05, 4.69) is 10.2 Å². The lowest BCUT2D eigenvalue weighted by atomic mass is 10.0. The lowest BCUT2D eigenvalue weighted by molar-refractivity contribution is 0.0338. The van der Waals surface area contributed by atoms with Crippen LogP contribution >= 0.6 is 0 Å². The quantitative estimate of drug-likeness (QED) is 0.490. The molecular formula is C19H31N3O4. The van der Waals surface area contributed by atoms with Crippen LogP contribution in [0, 0.1) is 0 Å². The fourth-order valence-electron chi connectivity index (χ4n) is 2.86. The number of nitrogens with one attached hydrogen (secondary N) is 1. The van der Waals surface area contributed by atoms with E-state index >= 15 is 0 Å². The van der Waals surface area contributed by atoms with Crippen LogP contribution in [0.15, 0.2) is 24.3 Å². The number of aliphatic hydroxyl groups is 1. The van der Waals surface area contributed by atoms with Gasteiger partial charge in [-0.05, 0) is 43.6 Å². The van der Waals surface area contributed by atoms with Crippen molar-refractivity contribution in [1.82, 2.24) is 10.2 Å². The van der Waals surface area contributed by atoms with Crippen LogP contribution in [0.1, 0.15) is 28.8 Å². The summed E-state index contributed by atoms with van der Waals surface area (Å²) in [4.78, 5) is 14.5. The van der Waals surface area contributed by atoms with E-state index in [1.54, 1.807) is 0 Å². The third-order valence-electron chi connectivity index (χ3n) is 4.39. The Hall–Kier alpha value is -1.51. The summed E-state index contributed by atoms with van der Waals surface area (Å²) in [5.74, 6) is -0.0966. The molecule has 1 amide bonds. The first-order valence-corrected chi connectivity index (χ1v) is 9.30. The minimum atomic E-state index is -0.0966. The summed E-state index contributed by atoms with van der Waals surface area (Å²) in [5, 5.41) is 11.4. The fourth-order valence-corrected chi connectivity index (χ4v) is 2.86. The van der Waals surface area contributed by atoms with Crippen LogP contribution in [0.25, 0.3) is 0 Å². The molecule has 0 aliphatic carbocycles. The Kier molecular flexibility index (Phi) is 9.58. The number of aliphatic hydroxyl groups excluding tert-OH is 1. The van der Waals surface area contributed by atoms with Crippen LogP contribution in [0.3, 0.4) is 0 Å². The monoisotopic (exact) mass is 365 g/mol. The summed E-state index contributed by atoms with van der Waals surface area (Å²) in [6, 6.07) is 8.10. The van der Waals surface area contributed by atoms with Crippen LogP contribution in [0.2, 0.25) is 0 Å². The Morgan fingerprint density at radius 1 is 1.12 bits per heavy atom.